The van der Waals surface area contributed by atoms with Gasteiger partial charge in [0.1, 0.15) is 34.8 Å². The van der Waals surface area contributed by atoms with E-state index in [4.69, 9.17) is 32.7 Å². The number of phenolic OH excluding ortho intramolecular Hbond substituents is 1. The first kappa shape index (κ1) is 39.8. The van der Waals surface area contributed by atoms with Crippen molar-refractivity contribution >= 4 is 75.3 Å². The Balaban J connectivity index is 1.75. The van der Waals surface area contributed by atoms with Gasteiger partial charge in [0.15, 0.2) is 20.4 Å². The fraction of sp³-hybridized carbons (Fsp3) is 0.0976. The Morgan fingerprint density at radius 2 is 1.05 bits per heavy atom. The highest BCUT2D eigenvalue weighted by Gasteiger charge is 2.38. The third-order valence-corrected chi connectivity index (χ3v) is 15.5. The van der Waals surface area contributed by atoms with Crippen molar-refractivity contribution in [1.82, 2.24) is 0 Å². The molecule has 55 heavy (non-hydrogen) atoms. The molecule has 1 N–H and O–H groups in total. The molecule has 0 fully saturated rings. The summed E-state index contributed by atoms with van der Waals surface area (Å²) in [6, 6.07) is 24.4. The lowest BCUT2D eigenvalue weighted by Crippen LogP contribution is -2.30. The van der Waals surface area contributed by atoms with E-state index < -0.39 is 55.4 Å². The van der Waals surface area contributed by atoms with Gasteiger partial charge in [0.2, 0.25) is 0 Å². The molecule has 0 aromatic heterocycles. The maximum Gasteiger partial charge on any atom is 0.347 e. The Morgan fingerprint density at radius 1 is 0.636 bits per heavy atom. The van der Waals surface area contributed by atoms with Gasteiger partial charge in [-0.15, -0.1) is 0 Å². The average Bonchev–Trinajstić information content (AvgIpc) is 3.17. The molecule has 0 aliphatic rings. The Bertz CT molecular complexity index is 2380. The van der Waals surface area contributed by atoms with Crippen molar-refractivity contribution in [2.75, 3.05) is 6.61 Å². The maximum atomic E-state index is 15.9. The van der Waals surface area contributed by atoms with E-state index in [9.17, 15) is 27.5 Å². The highest BCUT2D eigenvalue weighted by Crippen LogP contribution is 2.53. The molecule has 282 valence electrons. The lowest BCUT2D eigenvalue weighted by molar-refractivity contribution is -0.150. The number of halogens is 6. The zero-order valence-corrected chi connectivity index (χ0v) is 32.3. The molecule has 0 heterocycles. The Hall–Kier alpha value is -4.85. The highest BCUT2D eigenvalue weighted by molar-refractivity contribution is 7.86. The van der Waals surface area contributed by atoms with Crippen molar-refractivity contribution in [3.63, 3.8) is 0 Å². The maximum absolute atomic E-state index is 15.9. The first-order valence-electron chi connectivity index (χ1n) is 16.6. The third-order valence-electron chi connectivity index (χ3n) is 8.78. The molecule has 6 rings (SSSR count). The van der Waals surface area contributed by atoms with E-state index in [0.717, 1.165) is 48.5 Å². The molecule has 0 saturated heterocycles. The summed E-state index contributed by atoms with van der Waals surface area (Å²) in [5, 5.41) is 11.6. The normalized spacial score (nSPS) is 12.3. The molecule has 6 aromatic carbocycles. The third kappa shape index (κ3) is 7.70. The standard InChI is InChI=1S/C41H30Cl2F4O6P2/c1-3-52-41(49)24(2)53-40-35(42)20-21-37(55(51,31-16-8-27(46)9-17-31)32-18-10-28(47)11-19-32)38(40)34-22-33(23-36(43)39(34)48)54(50,29-12-4-25(44)5-13-29)30-14-6-26(45)7-15-30/h4-24,48H,3H2,1-2H3. The largest absolute Gasteiger partial charge is 0.506 e. The fourth-order valence-electron chi connectivity index (χ4n) is 6.10. The Labute approximate surface area is 324 Å². The molecule has 0 aliphatic carbocycles. The van der Waals surface area contributed by atoms with Gasteiger partial charge >= 0.3 is 5.97 Å². The minimum atomic E-state index is -4.26. The van der Waals surface area contributed by atoms with Crippen LogP contribution in [0, 0.1) is 23.3 Å². The minimum Gasteiger partial charge on any atom is -0.506 e. The van der Waals surface area contributed by atoms with Crippen molar-refractivity contribution in [2.45, 2.75) is 20.0 Å². The van der Waals surface area contributed by atoms with Gasteiger partial charge in [-0.25, -0.2) is 22.4 Å². The number of hydrogen-bond acceptors (Lipinski definition) is 6. The summed E-state index contributed by atoms with van der Waals surface area (Å²) in [6.45, 7) is 2.99. The van der Waals surface area contributed by atoms with Crippen LogP contribution < -0.4 is 36.6 Å². The summed E-state index contributed by atoms with van der Waals surface area (Å²) in [5.41, 5.74) is -0.397. The quantitative estimate of drug-likeness (QED) is 0.0801. The van der Waals surface area contributed by atoms with Crippen molar-refractivity contribution in [2.24, 2.45) is 0 Å². The SMILES string of the molecule is CCOC(=O)C(C)Oc1c(Cl)ccc(P(=O)(c2ccc(F)cc2)c2ccc(F)cc2)c1-c1cc(P(=O)(c2ccc(F)cc2)c2ccc(F)cc2)cc(Cl)c1O. The fourth-order valence-corrected chi connectivity index (χ4v) is 12.1. The lowest BCUT2D eigenvalue weighted by atomic mass is 10.0. The van der Waals surface area contributed by atoms with Gasteiger partial charge in [-0.1, -0.05) is 23.2 Å². The van der Waals surface area contributed by atoms with E-state index in [0.29, 0.717) is 0 Å². The van der Waals surface area contributed by atoms with Gasteiger partial charge in [0.25, 0.3) is 0 Å². The number of esters is 1. The van der Waals surface area contributed by atoms with Crippen LogP contribution in [0.3, 0.4) is 0 Å². The average molecular weight is 828 g/mol. The number of aromatic hydroxyl groups is 1. The van der Waals surface area contributed by atoms with E-state index in [1.807, 2.05) is 0 Å². The molecule has 1 atom stereocenters. The number of carbonyl (C=O) groups is 1. The summed E-state index contributed by atoms with van der Waals surface area (Å²) in [4.78, 5) is 12.9. The zero-order valence-electron chi connectivity index (χ0n) is 29.0. The van der Waals surface area contributed by atoms with Gasteiger partial charge < -0.3 is 23.7 Å². The number of ether oxygens (including phenoxy) is 2. The van der Waals surface area contributed by atoms with Crippen LogP contribution in [0.25, 0.3) is 11.1 Å². The van der Waals surface area contributed by atoms with Crippen LogP contribution in [-0.2, 0) is 18.7 Å². The number of carbonyl (C=O) groups excluding carboxylic acids is 1. The van der Waals surface area contributed by atoms with E-state index in [-0.39, 0.29) is 65.4 Å². The van der Waals surface area contributed by atoms with Crippen LogP contribution >= 0.6 is 37.5 Å². The summed E-state index contributed by atoms with van der Waals surface area (Å²) < 4.78 is 99.8. The summed E-state index contributed by atoms with van der Waals surface area (Å²) >= 11 is 13.5. The highest BCUT2D eigenvalue weighted by atomic mass is 35.5. The second-order valence-electron chi connectivity index (χ2n) is 12.2. The van der Waals surface area contributed by atoms with E-state index in [2.05, 4.69) is 0 Å². The molecule has 6 aromatic rings. The smallest absolute Gasteiger partial charge is 0.347 e. The number of hydrogen-bond donors (Lipinski definition) is 1. The lowest BCUT2D eigenvalue weighted by Gasteiger charge is -2.27. The molecule has 1 unspecified atom stereocenters. The van der Waals surface area contributed by atoms with Crippen molar-refractivity contribution < 1.29 is 46.1 Å². The van der Waals surface area contributed by atoms with Gasteiger partial charge in [-0.3, -0.25) is 0 Å². The van der Waals surface area contributed by atoms with Gasteiger partial charge in [-0.2, -0.15) is 0 Å². The van der Waals surface area contributed by atoms with Gasteiger partial charge in [-0.05, 0) is 135 Å². The molecule has 0 bridgehead atoms. The van der Waals surface area contributed by atoms with E-state index in [1.54, 1.807) is 6.92 Å². The predicted octanol–water partition coefficient (Wildman–Crippen LogP) is 8.53. The second kappa shape index (κ2) is 16.1. The molecular formula is C41H30Cl2F4O6P2. The van der Waals surface area contributed by atoms with Crippen LogP contribution in [0.2, 0.25) is 10.0 Å². The number of phenols is 1. The Morgan fingerprint density at radius 3 is 1.47 bits per heavy atom. The number of benzene rings is 6. The first-order chi connectivity index (χ1) is 26.2. The van der Waals surface area contributed by atoms with Gasteiger partial charge in [0.05, 0.1) is 16.7 Å². The van der Waals surface area contributed by atoms with Crippen molar-refractivity contribution in [1.29, 1.82) is 0 Å². The topological polar surface area (TPSA) is 89.9 Å². The monoisotopic (exact) mass is 826 g/mol. The van der Waals surface area contributed by atoms with Crippen LogP contribution in [0.5, 0.6) is 11.5 Å². The molecule has 0 spiro atoms. The molecule has 14 heteroatoms. The summed E-state index contributed by atoms with van der Waals surface area (Å²) in [6.07, 6.45) is -1.33. The minimum absolute atomic E-state index is 0.0119. The zero-order chi connectivity index (χ0) is 39.7. The molecular weight excluding hydrogens is 797 g/mol. The Kier molecular flexibility index (Phi) is 11.7. The molecule has 0 amide bonds. The van der Waals surface area contributed by atoms with Gasteiger partial charge in [0, 0.05) is 43.0 Å². The summed E-state index contributed by atoms with van der Waals surface area (Å²) in [5.74, 6) is -4.17. The van der Waals surface area contributed by atoms with Crippen molar-refractivity contribution in [3.05, 3.63) is 155 Å². The van der Waals surface area contributed by atoms with Crippen molar-refractivity contribution in [3.8, 4) is 22.6 Å². The molecule has 0 radical (unpaired) electrons. The van der Waals surface area contributed by atoms with Crippen LogP contribution in [0.15, 0.2) is 121 Å². The van der Waals surface area contributed by atoms with Crippen LogP contribution in [0.1, 0.15) is 13.8 Å². The summed E-state index contributed by atoms with van der Waals surface area (Å²) in [7, 11) is -8.36. The number of rotatable bonds is 11. The van der Waals surface area contributed by atoms with Crippen LogP contribution in [0.4, 0.5) is 17.6 Å². The molecule has 0 saturated carbocycles. The molecule has 0 aliphatic heterocycles. The second-order valence-corrected chi connectivity index (χ2v) is 18.5. The predicted molar refractivity (Wildman–Crippen MR) is 209 cm³/mol. The molecule has 6 nitrogen and oxygen atoms in total. The van der Waals surface area contributed by atoms with E-state index in [1.165, 1.54) is 79.7 Å². The van der Waals surface area contributed by atoms with Crippen LogP contribution in [-0.4, -0.2) is 23.8 Å². The first-order valence-corrected chi connectivity index (χ1v) is 20.8. The van der Waals surface area contributed by atoms with E-state index >= 15 is 9.13 Å².